The molecule has 184 valence electrons. The summed E-state index contributed by atoms with van der Waals surface area (Å²) < 4.78 is 44.0. The molecule has 0 spiro atoms. The van der Waals surface area contributed by atoms with E-state index in [-0.39, 0.29) is 12.4 Å². The summed E-state index contributed by atoms with van der Waals surface area (Å²) in [7, 11) is -9.65. The van der Waals surface area contributed by atoms with Crippen molar-refractivity contribution in [1.29, 1.82) is 0 Å². The summed E-state index contributed by atoms with van der Waals surface area (Å²) >= 11 is 0. The zero-order valence-corrected chi connectivity index (χ0v) is 18.8. The predicted molar refractivity (Wildman–Crippen MR) is 109 cm³/mol. The van der Waals surface area contributed by atoms with E-state index in [2.05, 4.69) is 9.51 Å². The van der Waals surface area contributed by atoms with E-state index < -0.39 is 52.5 Å². The van der Waals surface area contributed by atoms with Gasteiger partial charge >= 0.3 is 21.3 Å². The number of unbranched alkanes of at least 4 members (excludes halogenated alkanes) is 3. The molecule has 32 heavy (non-hydrogen) atoms. The minimum atomic E-state index is -4.94. The molecule has 1 fully saturated rings. The van der Waals surface area contributed by atoms with Crippen LogP contribution in [0, 0.1) is 0 Å². The number of phosphoric ester groups is 2. The number of nitrogens with two attached hydrogens (primary N) is 2. The van der Waals surface area contributed by atoms with Gasteiger partial charge in [-0.05, 0) is 25.5 Å². The number of phosphoric acid groups is 2. The Morgan fingerprint density at radius 2 is 1.84 bits per heavy atom. The van der Waals surface area contributed by atoms with Crippen molar-refractivity contribution in [3.63, 3.8) is 0 Å². The van der Waals surface area contributed by atoms with E-state index in [0.717, 1.165) is 23.6 Å². The second-order valence-corrected chi connectivity index (χ2v) is 9.60. The molecule has 1 aliphatic rings. The van der Waals surface area contributed by atoms with E-state index in [1.54, 1.807) is 0 Å². The van der Waals surface area contributed by atoms with Crippen molar-refractivity contribution in [3.8, 4) is 0 Å². The van der Waals surface area contributed by atoms with E-state index in [0.29, 0.717) is 19.4 Å². The van der Waals surface area contributed by atoms with Crippen LogP contribution in [0.3, 0.4) is 0 Å². The van der Waals surface area contributed by atoms with Gasteiger partial charge in [-0.2, -0.15) is 4.98 Å². The van der Waals surface area contributed by atoms with Crippen molar-refractivity contribution >= 4 is 21.5 Å². The van der Waals surface area contributed by atoms with Gasteiger partial charge in [0, 0.05) is 6.20 Å². The molecule has 1 unspecified atom stereocenters. The van der Waals surface area contributed by atoms with E-state index in [4.69, 9.17) is 35.0 Å². The van der Waals surface area contributed by atoms with Crippen molar-refractivity contribution in [2.45, 2.75) is 50.2 Å². The SMILES string of the molecule is NCCCCCCOP(=O)(O)O[C@H]1[C@@H](O)[C@H](n2ccc(N)nc2=O)O[C@@H]1COP(=O)(O)O. The highest BCUT2D eigenvalue weighted by atomic mass is 31.2. The fourth-order valence-corrected chi connectivity index (χ4v) is 4.30. The lowest BCUT2D eigenvalue weighted by Crippen LogP contribution is -2.37. The first kappa shape index (κ1) is 27.0. The van der Waals surface area contributed by atoms with Crippen LogP contribution in [-0.4, -0.2) is 67.4 Å². The highest BCUT2D eigenvalue weighted by Gasteiger charge is 2.49. The van der Waals surface area contributed by atoms with E-state index >= 15 is 0 Å². The van der Waals surface area contributed by atoms with Gasteiger partial charge in [0.25, 0.3) is 0 Å². The average Bonchev–Trinajstić information content (AvgIpc) is 2.97. The summed E-state index contributed by atoms with van der Waals surface area (Å²) in [4.78, 5) is 43.5. The number of nitrogens with zero attached hydrogens (tertiary/aromatic N) is 2. The van der Waals surface area contributed by atoms with Crippen molar-refractivity contribution in [3.05, 3.63) is 22.7 Å². The monoisotopic (exact) mass is 502 g/mol. The van der Waals surface area contributed by atoms with Gasteiger partial charge in [-0.1, -0.05) is 12.8 Å². The number of aliphatic hydroxyl groups excluding tert-OH is 1. The number of hydrogen-bond acceptors (Lipinski definition) is 11. The predicted octanol–water partition coefficient (Wildman–Crippen LogP) is -0.786. The van der Waals surface area contributed by atoms with Crippen LogP contribution in [-0.2, 0) is 27.4 Å². The van der Waals surface area contributed by atoms with Crippen LogP contribution in [0.5, 0.6) is 0 Å². The molecule has 8 N–H and O–H groups in total. The van der Waals surface area contributed by atoms with Crippen LogP contribution in [0.4, 0.5) is 5.82 Å². The minimum absolute atomic E-state index is 0.0901. The van der Waals surface area contributed by atoms with Gasteiger partial charge in [0.15, 0.2) is 6.23 Å². The summed E-state index contributed by atoms with van der Waals surface area (Å²) in [6.45, 7) is -0.400. The molecule has 5 atom stereocenters. The Bertz CT molecular complexity index is 894. The Kier molecular flexibility index (Phi) is 9.94. The fourth-order valence-electron chi connectivity index (χ4n) is 2.97. The third-order valence-corrected chi connectivity index (χ3v) is 5.95. The van der Waals surface area contributed by atoms with E-state index in [9.17, 15) is 23.9 Å². The molecule has 1 aromatic rings. The molecule has 0 amide bonds. The number of anilines is 1. The van der Waals surface area contributed by atoms with Crippen LogP contribution >= 0.6 is 15.6 Å². The maximum absolute atomic E-state index is 12.3. The summed E-state index contributed by atoms with van der Waals surface area (Å²) in [5, 5.41) is 10.6. The molecule has 0 aliphatic carbocycles. The second-order valence-electron chi connectivity index (χ2n) is 6.96. The lowest BCUT2D eigenvalue weighted by Gasteiger charge is -2.23. The van der Waals surface area contributed by atoms with Gasteiger partial charge in [0.05, 0.1) is 13.2 Å². The van der Waals surface area contributed by atoms with Gasteiger partial charge in [0.2, 0.25) is 0 Å². The van der Waals surface area contributed by atoms with Gasteiger partial charge in [-0.15, -0.1) is 0 Å². The van der Waals surface area contributed by atoms with Crippen molar-refractivity contribution < 1.29 is 47.2 Å². The van der Waals surface area contributed by atoms with Crippen LogP contribution in [0.2, 0.25) is 0 Å². The zero-order chi connectivity index (χ0) is 23.9. The van der Waals surface area contributed by atoms with Gasteiger partial charge in [-0.25, -0.2) is 13.9 Å². The zero-order valence-electron chi connectivity index (χ0n) is 17.0. The van der Waals surface area contributed by atoms with Crippen LogP contribution in [0.25, 0.3) is 0 Å². The van der Waals surface area contributed by atoms with Gasteiger partial charge in [-0.3, -0.25) is 18.1 Å². The smallest absolute Gasteiger partial charge is 0.386 e. The standard InChI is InChI=1S/C15H28N4O11P2/c16-6-3-1-2-4-8-27-32(25,26)30-13-10(9-28-31(22,23)24)29-14(12(13)20)19-7-5-11(17)18-15(19)21/h5,7,10,12-14,20H,1-4,6,8-9,16H2,(H,25,26)(H2,17,18,21)(H2,22,23,24)/t10-,12-,13-,14-/m1/s1. The molecule has 0 saturated carbocycles. The molecule has 0 aromatic carbocycles. The molecule has 0 bridgehead atoms. The first-order chi connectivity index (χ1) is 14.9. The first-order valence-electron chi connectivity index (χ1n) is 9.67. The molecule has 1 saturated heterocycles. The Hall–Kier alpha value is -1.22. The maximum atomic E-state index is 12.3. The number of hydrogen-bond donors (Lipinski definition) is 6. The summed E-state index contributed by atoms with van der Waals surface area (Å²) in [5.41, 5.74) is 9.92. The summed E-state index contributed by atoms with van der Waals surface area (Å²) in [6, 6.07) is 1.25. The molecular weight excluding hydrogens is 474 g/mol. The number of rotatable bonds is 13. The lowest BCUT2D eigenvalue weighted by molar-refractivity contribution is -0.0542. The van der Waals surface area contributed by atoms with Crippen LogP contribution in [0.1, 0.15) is 31.9 Å². The molecule has 2 heterocycles. The molecule has 17 heteroatoms. The molecule has 1 aromatic heterocycles. The third kappa shape index (κ3) is 8.28. The molecule has 2 rings (SSSR count). The summed E-state index contributed by atoms with van der Waals surface area (Å²) in [5.74, 6) is -0.0901. The Balaban J connectivity index is 2.11. The van der Waals surface area contributed by atoms with Crippen molar-refractivity contribution in [2.24, 2.45) is 5.73 Å². The summed E-state index contributed by atoms with van der Waals surface area (Å²) in [6.07, 6.45) is -2.32. The molecule has 1 aliphatic heterocycles. The van der Waals surface area contributed by atoms with E-state index in [1.807, 2.05) is 0 Å². The van der Waals surface area contributed by atoms with Crippen molar-refractivity contribution in [2.75, 3.05) is 25.5 Å². The van der Waals surface area contributed by atoms with E-state index in [1.165, 1.54) is 6.07 Å². The average molecular weight is 502 g/mol. The van der Waals surface area contributed by atoms with Gasteiger partial charge < -0.3 is 36.0 Å². The second kappa shape index (κ2) is 11.8. The number of nitrogen functional groups attached to an aromatic ring is 1. The minimum Gasteiger partial charge on any atom is -0.386 e. The Morgan fingerprint density at radius 1 is 1.16 bits per heavy atom. The number of aromatic nitrogens is 2. The number of aliphatic hydroxyl groups is 1. The fraction of sp³-hybridized carbons (Fsp3) is 0.733. The Morgan fingerprint density at radius 3 is 2.47 bits per heavy atom. The van der Waals surface area contributed by atoms with Crippen LogP contribution < -0.4 is 17.2 Å². The molecule has 15 nitrogen and oxygen atoms in total. The maximum Gasteiger partial charge on any atom is 0.472 e. The normalized spacial score (nSPS) is 25.7. The first-order valence-corrected chi connectivity index (χ1v) is 12.7. The molecule has 0 radical (unpaired) electrons. The highest BCUT2D eigenvalue weighted by molar-refractivity contribution is 7.47. The third-order valence-electron chi connectivity index (χ3n) is 4.45. The quantitative estimate of drug-likeness (QED) is 0.143. The van der Waals surface area contributed by atoms with Crippen LogP contribution in [0.15, 0.2) is 17.1 Å². The Labute approximate surface area is 183 Å². The molecular formula is C15H28N4O11P2. The topological polar surface area (TPSA) is 239 Å². The van der Waals surface area contributed by atoms with Crippen molar-refractivity contribution in [1.82, 2.24) is 9.55 Å². The number of ether oxygens (including phenoxy) is 1. The van der Waals surface area contributed by atoms with Gasteiger partial charge in [0.1, 0.15) is 24.1 Å². The largest absolute Gasteiger partial charge is 0.472 e. The highest BCUT2D eigenvalue weighted by Crippen LogP contribution is 2.49. The lowest BCUT2D eigenvalue weighted by atomic mass is 10.1.